The molecule has 3 rings (SSSR count). The summed E-state index contributed by atoms with van der Waals surface area (Å²) in [5, 5.41) is 0. The van der Waals surface area contributed by atoms with E-state index in [1.807, 2.05) is 24.4 Å². The zero-order valence-electron chi connectivity index (χ0n) is 9.64. The summed E-state index contributed by atoms with van der Waals surface area (Å²) in [5.41, 5.74) is 4.09. The Bertz CT molecular complexity index is 641. The van der Waals surface area contributed by atoms with Crippen LogP contribution in [0.15, 0.2) is 42.6 Å². The van der Waals surface area contributed by atoms with Crippen molar-refractivity contribution >= 4 is 11.2 Å². The van der Waals surface area contributed by atoms with Gasteiger partial charge in [0.2, 0.25) is 0 Å². The number of hydrogen-bond acceptors (Lipinski definition) is 2. The minimum absolute atomic E-state index is 0.793. The summed E-state index contributed by atoms with van der Waals surface area (Å²) in [6.07, 6.45) is 2.77. The first-order valence-corrected chi connectivity index (χ1v) is 5.77. The lowest BCUT2D eigenvalue weighted by Crippen LogP contribution is -1.81. The lowest BCUT2D eigenvalue weighted by atomic mass is 10.1. The van der Waals surface area contributed by atoms with Crippen LogP contribution in [0.2, 0.25) is 0 Å². The summed E-state index contributed by atoms with van der Waals surface area (Å²) in [6, 6.07) is 12.3. The summed E-state index contributed by atoms with van der Waals surface area (Å²) in [5.74, 6) is 0.984. The summed E-state index contributed by atoms with van der Waals surface area (Å²) in [6.45, 7) is 2.08. The number of aromatic amines is 1. The van der Waals surface area contributed by atoms with Crippen LogP contribution in [-0.2, 0) is 6.42 Å². The molecule has 0 atom stereocenters. The van der Waals surface area contributed by atoms with E-state index in [-0.39, 0.29) is 0 Å². The molecule has 84 valence electrons. The van der Waals surface area contributed by atoms with Gasteiger partial charge >= 0.3 is 0 Å². The van der Waals surface area contributed by atoms with E-state index < -0.39 is 0 Å². The zero-order chi connectivity index (χ0) is 11.7. The minimum atomic E-state index is 0.793. The number of nitrogens with one attached hydrogen (secondary N) is 1. The topological polar surface area (TPSA) is 41.6 Å². The number of hydrogen-bond donors (Lipinski definition) is 1. The standard InChI is InChI=1S/C14H13N3/c1-2-13-16-12-8-11(9-15-14(12)17-13)10-6-4-3-5-7-10/h3-9H,2H2,1H3,(H,15,16,17). The fraction of sp³-hybridized carbons (Fsp3) is 0.143. The number of H-pyrrole nitrogens is 1. The number of benzene rings is 1. The van der Waals surface area contributed by atoms with Crippen LogP contribution >= 0.6 is 0 Å². The van der Waals surface area contributed by atoms with Gasteiger partial charge in [0.25, 0.3) is 0 Å². The smallest absolute Gasteiger partial charge is 0.177 e. The third-order valence-electron chi connectivity index (χ3n) is 2.83. The van der Waals surface area contributed by atoms with E-state index in [1.54, 1.807) is 0 Å². The maximum Gasteiger partial charge on any atom is 0.177 e. The Balaban J connectivity index is 2.13. The maximum atomic E-state index is 4.40. The Morgan fingerprint density at radius 2 is 1.94 bits per heavy atom. The average molecular weight is 223 g/mol. The Hall–Kier alpha value is -2.16. The van der Waals surface area contributed by atoms with Crippen molar-refractivity contribution in [2.75, 3.05) is 0 Å². The van der Waals surface area contributed by atoms with Gasteiger partial charge in [-0.15, -0.1) is 0 Å². The molecule has 1 aromatic carbocycles. The molecule has 1 N–H and O–H groups in total. The van der Waals surface area contributed by atoms with Gasteiger partial charge in [-0.3, -0.25) is 0 Å². The van der Waals surface area contributed by atoms with Crippen molar-refractivity contribution in [1.29, 1.82) is 0 Å². The molecule has 0 aliphatic heterocycles. The largest absolute Gasteiger partial charge is 0.341 e. The molecular formula is C14H13N3. The molecule has 0 radical (unpaired) electrons. The first-order valence-electron chi connectivity index (χ1n) is 5.77. The molecule has 2 aromatic heterocycles. The first-order chi connectivity index (χ1) is 8.36. The molecule has 0 fully saturated rings. The van der Waals surface area contributed by atoms with Crippen LogP contribution in [0, 0.1) is 0 Å². The van der Waals surface area contributed by atoms with Crippen LogP contribution < -0.4 is 0 Å². The molecule has 3 nitrogen and oxygen atoms in total. The van der Waals surface area contributed by atoms with Crippen molar-refractivity contribution in [1.82, 2.24) is 15.0 Å². The predicted molar refractivity (Wildman–Crippen MR) is 68.7 cm³/mol. The zero-order valence-corrected chi connectivity index (χ0v) is 9.64. The van der Waals surface area contributed by atoms with E-state index >= 15 is 0 Å². The predicted octanol–water partition coefficient (Wildman–Crippen LogP) is 3.19. The van der Waals surface area contributed by atoms with Gasteiger partial charge in [-0.2, -0.15) is 0 Å². The van der Waals surface area contributed by atoms with Crippen LogP contribution in [-0.4, -0.2) is 15.0 Å². The second kappa shape index (κ2) is 4.01. The third-order valence-corrected chi connectivity index (χ3v) is 2.83. The number of fused-ring (bicyclic) bond motifs is 1. The van der Waals surface area contributed by atoms with Crippen molar-refractivity contribution in [2.45, 2.75) is 13.3 Å². The van der Waals surface area contributed by atoms with Crippen molar-refractivity contribution in [3.63, 3.8) is 0 Å². The number of pyridine rings is 1. The highest BCUT2D eigenvalue weighted by atomic mass is 15.0. The Morgan fingerprint density at radius 1 is 1.12 bits per heavy atom. The van der Waals surface area contributed by atoms with Gasteiger partial charge in [0, 0.05) is 18.2 Å². The van der Waals surface area contributed by atoms with Crippen LogP contribution in [0.25, 0.3) is 22.3 Å². The fourth-order valence-corrected chi connectivity index (χ4v) is 1.91. The number of rotatable bonds is 2. The Kier molecular flexibility index (Phi) is 2.37. The molecule has 0 aliphatic rings. The van der Waals surface area contributed by atoms with E-state index in [9.17, 15) is 0 Å². The van der Waals surface area contributed by atoms with Gasteiger partial charge < -0.3 is 4.98 Å². The molecule has 0 saturated carbocycles. The van der Waals surface area contributed by atoms with Gasteiger partial charge in [0.15, 0.2) is 5.65 Å². The molecule has 0 unspecified atom stereocenters. The van der Waals surface area contributed by atoms with E-state index in [0.717, 1.165) is 29.0 Å². The number of aromatic nitrogens is 3. The van der Waals surface area contributed by atoms with Gasteiger partial charge in [-0.25, -0.2) is 9.97 Å². The molecule has 17 heavy (non-hydrogen) atoms. The van der Waals surface area contributed by atoms with Crippen LogP contribution in [0.1, 0.15) is 12.7 Å². The molecule has 0 bridgehead atoms. The maximum absolute atomic E-state index is 4.40. The number of aryl methyl sites for hydroxylation is 1. The van der Waals surface area contributed by atoms with Crippen molar-refractivity contribution in [3.05, 3.63) is 48.4 Å². The van der Waals surface area contributed by atoms with Gasteiger partial charge in [-0.1, -0.05) is 37.3 Å². The molecule has 0 saturated heterocycles. The van der Waals surface area contributed by atoms with Crippen LogP contribution in [0.5, 0.6) is 0 Å². The summed E-state index contributed by atoms with van der Waals surface area (Å²) in [7, 11) is 0. The monoisotopic (exact) mass is 223 g/mol. The highest BCUT2D eigenvalue weighted by Crippen LogP contribution is 2.21. The number of imidazole rings is 1. The summed E-state index contributed by atoms with van der Waals surface area (Å²) in [4.78, 5) is 12.1. The summed E-state index contributed by atoms with van der Waals surface area (Å²) < 4.78 is 0. The Labute approximate surface area is 99.5 Å². The van der Waals surface area contributed by atoms with Crippen molar-refractivity contribution in [2.24, 2.45) is 0 Å². The molecule has 3 aromatic rings. The van der Waals surface area contributed by atoms with Crippen LogP contribution in [0.4, 0.5) is 0 Å². The average Bonchev–Trinajstić information content (AvgIpc) is 2.81. The summed E-state index contributed by atoms with van der Waals surface area (Å²) >= 11 is 0. The fourth-order valence-electron chi connectivity index (χ4n) is 1.91. The molecule has 0 amide bonds. The van der Waals surface area contributed by atoms with Gasteiger partial charge in [0.05, 0.1) is 5.52 Å². The van der Waals surface area contributed by atoms with Crippen molar-refractivity contribution < 1.29 is 0 Å². The van der Waals surface area contributed by atoms with E-state index in [2.05, 4.69) is 40.1 Å². The lowest BCUT2D eigenvalue weighted by molar-refractivity contribution is 0.997. The van der Waals surface area contributed by atoms with Gasteiger partial charge in [0.1, 0.15) is 5.82 Å². The molecule has 3 heteroatoms. The van der Waals surface area contributed by atoms with E-state index in [4.69, 9.17) is 0 Å². The normalized spacial score (nSPS) is 10.9. The Morgan fingerprint density at radius 3 is 2.71 bits per heavy atom. The second-order valence-electron chi connectivity index (χ2n) is 4.00. The molecule has 0 spiro atoms. The first kappa shape index (κ1) is 10.0. The van der Waals surface area contributed by atoms with Gasteiger partial charge in [-0.05, 0) is 11.6 Å². The molecule has 2 heterocycles. The highest BCUT2D eigenvalue weighted by Gasteiger charge is 2.04. The number of nitrogens with zero attached hydrogens (tertiary/aromatic N) is 2. The van der Waals surface area contributed by atoms with E-state index in [1.165, 1.54) is 5.56 Å². The SMILES string of the molecule is CCc1nc2ncc(-c3ccccc3)cc2[nH]1. The van der Waals surface area contributed by atoms with Crippen LogP contribution in [0.3, 0.4) is 0 Å². The molecule has 0 aliphatic carbocycles. The second-order valence-corrected chi connectivity index (χ2v) is 4.00. The van der Waals surface area contributed by atoms with E-state index in [0.29, 0.717) is 0 Å². The quantitative estimate of drug-likeness (QED) is 0.725. The highest BCUT2D eigenvalue weighted by molar-refractivity contribution is 5.77. The lowest BCUT2D eigenvalue weighted by Gasteiger charge is -1.99. The molecular weight excluding hydrogens is 210 g/mol. The minimum Gasteiger partial charge on any atom is -0.341 e. The third kappa shape index (κ3) is 1.80. The van der Waals surface area contributed by atoms with Crippen molar-refractivity contribution in [3.8, 4) is 11.1 Å².